The summed E-state index contributed by atoms with van der Waals surface area (Å²) in [6, 6.07) is 4.56. The van der Waals surface area contributed by atoms with Crippen LogP contribution in [0.25, 0.3) is 11.2 Å². The van der Waals surface area contributed by atoms with Crippen molar-refractivity contribution in [3.8, 4) is 0 Å². The molecule has 1 aliphatic rings. The average molecular weight is 302 g/mol. The second-order valence-corrected chi connectivity index (χ2v) is 6.53. The molecule has 1 aliphatic heterocycles. The van der Waals surface area contributed by atoms with E-state index in [0.29, 0.717) is 18.4 Å². The largest absolute Gasteiger partial charge is 0.396 e. The van der Waals surface area contributed by atoms with E-state index in [1.54, 1.807) is 0 Å². The SMILES string of the molecule is CC(C)N1CCC(Cn2c(CCO)nc3cccnc32)CC1. The average Bonchev–Trinajstić information content (AvgIpc) is 2.86. The highest BCUT2D eigenvalue weighted by Crippen LogP contribution is 2.23. The zero-order valence-electron chi connectivity index (χ0n) is 13.6. The molecule has 2 aromatic heterocycles. The maximum atomic E-state index is 9.29. The summed E-state index contributed by atoms with van der Waals surface area (Å²) in [5.41, 5.74) is 1.89. The molecule has 22 heavy (non-hydrogen) atoms. The lowest BCUT2D eigenvalue weighted by Gasteiger charge is -2.34. The fraction of sp³-hybridized carbons (Fsp3) is 0.647. The number of rotatable bonds is 5. The second-order valence-electron chi connectivity index (χ2n) is 6.53. The van der Waals surface area contributed by atoms with Gasteiger partial charge in [0.05, 0.1) is 6.61 Å². The number of likely N-dealkylation sites (tertiary alicyclic amines) is 1. The molecule has 5 nitrogen and oxygen atoms in total. The van der Waals surface area contributed by atoms with Crippen molar-refractivity contribution in [2.45, 2.75) is 45.7 Å². The van der Waals surface area contributed by atoms with Crippen molar-refractivity contribution >= 4 is 11.2 Å². The number of pyridine rings is 1. The number of aromatic nitrogens is 3. The standard InChI is InChI=1S/C17H26N4O/c1-13(2)20-9-5-14(6-10-20)12-21-16(7-11-22)19-15-4-3-8-18-17(15)21/h3-4,8,13-14,22H,5-7,9-12H2,1-2H3. The first-order chi connectivity index (χ1) is 10.7. The topological polar surface area (TPSA) is 54.2 Å². The van der Waals surface area contributed by atoms with Crippen LogP contribution in [0.15, 0.2) is 18.3 Å². The van der Waals surface area contributed by atoms with E-state index >= 15 is 0 Å². The van der Waals surface area contributed by atoms with E-state index in [1.165, 1.54) is 25.9 Å². The molecular weight excluding hydrogens is 276 g/mol. The lowest BCUT2D eigenvalue weighted by Crippen LogP contribution is -2.39. The predicted octanol–water partition coefficient (Wildman–Crippen LogP) is 2.09. The van der Waals surface area contributed by atoms with Gasteiger partial charge in [-0.25, -0.2) is 9.97 Å². The van der Waals surface area contributed by atoms with Crippen LogP contribution in [0.2, 0.25) is 0 Å². The lowest BCUT2D eigenvalue weighted by atomic mass is 9.96. The van der Waals surface area contributed by atoms with Gasteiger partial charge in [-0.15, -0.1) is 0 Å². The molecule has 0 spiro atoms. The van der Waals surface area contributed by atoms with Crippen LogP contribution in [0.1, 0.15) is 32.5 Å². The monoisotopic (exact) mass is 302 g/mol. The minimum atomic E-state index is 0.134. The Kier molecular flexibility index (Phi) is 4.74. The Labute approximate surface area is 132 Å². The van der Waals surface area contributed by atoms with Crippen LogP contribution in [0.3, 0.4) is 0 Å². The Bertz CT molecular complexity index is 614. The Hall–Kier alpha value is -1.46. The van der Waals surface area contributed by atoms with Gasteiger partial charge < -0.3 is 14.6 Å². The minimum Gasteiger partial charge on any atom is -0.396 e. The quantitative estimate of drug-likeness (QED) is 0.919. The molecule has 0 radical (unpaired) electrons. The summed E-state index contributed by atoms with van der Waals surface area (Å²) in [7, 11) is 0. The number of imidazole rings is 1. The molecule has 0 amide bonds. The summed E-state index contributed by atoms with van der Waals surface area (Å²) < 4.78 is 2.22. The van der Waals surface area contributed by atoms with E-state index in [4.69, 9.17) is 0 Å². The van der Waals surface area contributed by atoms with Crippen LogP contribution in [-0.4, -0.2) is 50.3 Å². The maximum Gasteiger partial charge on any atom is 0.159 e. The van der Waals surface area contributed by atoms with Crippen LogP contribution >= 0.6 is 0 Å². The third-order valence-corrected chi connectivity index (χ3v) is 4.74. The molecule has 0 bridgehead atoms. The highest BCUT2D eigenvalue weighted by Gasteiger charge is 2.23. The zero-order chi connectivity index (χ0) is 15.5. The molecule has 0 aliphatic carbocycles. The van der Waals surface area contributed by atoms with Gasteiger partial charge in [0.1, 0.15) is 11.3 Å². The summed E-state index contributed by atoms with van der Waals surface area (Å²) in [4.78, 5) is 11.7. The number of aliphatic hydroxyl groups is 1. The normalized spacial score (nSPS) is 17.6. The van der Waals surface area contributed by atoms with E-state index in [2.05, 4.69) is 33.3 Å². The first kappa shape index (κ1) is 15.4. The van der Waals surface area contributed by atoms with Gasteiger partial charge in [0.2, 0.25) is 0 Å². The van der Waals surface area contributed by atoms with Crippen LogP contribution in [0.4, 0.5) is 0 Å². The van der Waals surface area contributed by atoms with Gasteiger partial charge in [-0.3, -0.25) is 0 Å². The molecule has 0 aromatic carbocycles. The van der Waals surface area contributed by atoms with Gasteiger partial charge in [-0.05, 0) is 57.8 Å². The number of nitrogens with zero attached hydrogens (tertiary/aromatic N) is 4. The molecule has 1 fully saturated rings. The number of aliphatic hydroxyl groups excluding tert-OH is 1. The minimum absolute atomic E-state index is 0.134. The molecule has 0 unspecified atom stereocenters. The highest BCUT2D eigenvalue weighted by atomic mass is 16.3. The summed E-state index contributed by atoms with van der Waals surface area (Å²) in [6.45, 7) is 8.00. The molecule has 1 saturated heterocycles. The number of hydrogen-bond acceptors (Lipinski definition) is 4. The van der Waals surface area contributed by atoms with Gasteiger partial charge in [0.15, 0.2) is 5.65 Å². The summed E-state index contributed by atoms with van der Waals surface area (Å²) >= 11 is 0. The van der Waals surface area contributed by atoms with Crippen molar-refractivity contribution < 1.29 is 5.11 Å². The molecule has 3 heterocycles. The van der Waals surface area contributed by atoms with E-state index in [-0.39, 0.29) is 6.61 Å². The van der Waals surface area contributed by atoms with Gasteiger partial charge in [-0.1, -0.05) is 0 Å². The van der Waals surface area contributed by atoms with Crippen molar-refractivity contribution in [3.05, 3.63) is 24.2 Å². The second kappa shape index (κ2) is 6.75. The third-order valence-electron chi connectivity index (χ3n) is 4.74. The Morgan fingerprint density at radius 3 is 2.77 bits per heavy atom. The number of piperidine rings is 1. The first-order valence-electron chi connectivity index (χ1n) is 8.34. The van der Waals surface area contributed by atoms with Crippen molar-refractivity contribution in [2.24, 2.45) is 5.92 Å². The van der Waals surface area contributed by atoms with Crippen LogP contribution < -0.4 is 0 Å². The molecule has 0 atom stereocenters. The number of hydrogen-bond donors (Lipinski definition) is 1. The molecule has 120 valence electrons. The summed E-state index contributed by atoms with van der Waals surface area (Å²) in [5, 5.41) is 9.29. The van der Waals surface area contributed by atoms with Crippen molar-refractivity contribution in [1.82, 2.24) is 19.4 Å². The fourth-order valence-electron chi connectivity index (χ4n) is 3.40. The number of fused-ring (bicyclic) bond motifs is 1. The van der Waals surface area contributed by atoms with Crippen molar-refractivity contribution in [2.75, 3.05) is 19.7 Å². The van der Waals surface area contributed by atoms with Crippen molar-refractivity contribution in [3.63, 3.8) is 0 Å². The van der Waals surface area contributed by atoms with Gasteiger partial charge in [0.25, 0.3) is 0 Å². The third kappa shape index (κ3) is 3.15. The molecular formula is C17H26N4O. The first-order valence-corrected chi connectivity index (χ1v) is 8.34. The van der Waals surface area contributed by atoms with Gasteiger partial charge in [-0.2, -0.15) is 0 Å². The van der Waals surface area contributed by atoms with E-state index in [9.17, 15) is 5.11 Å². The Morgan fingerprint density at radius 1 is 1.32 bits per heavy atom. The molecule has 0 saturated carbocycles. The molecule has 5 heteroatoms. The summed E-state index contributed by atoms with van der Waals surface area (Å²) in [6.07, 6.45) is 4.87. The van der Waals surface area contributed by atoms with E-state index in [1.807, 2.05) is 18.3 Å². The van der Waals surface area contributed by atoms with Crippen molar-refractivity contribution in [1.29, 1.82) is 0 Å². The maximum absolute atomic E-state index is 9.29. The van der Waals surface area contributed by atoms with Gasteiger partial charge >= 0.3 is 0 Å². The summed E-state index contributed by atoms with van der Waals surface area (Å²) in [5.74, 6) is 1.63. The Balaban J connectivity index is 1.77. The smallest absolute Gasteiger partial charge is 0.159 e. The molecule has 3 rings (SSSR count). The van der Waals surface area contributed by atoms with Crippen LogP contribution in [0.5, 0.6) is 0 Å². The highest BCUT2D eigenvalue weighted by molar-refractivity contribution is 5.71. The predicted molar refractivity (Wildman–Crippen MR) is 87.8 cm³/mol. The Morgan fingerprint density at radius 2 is 2.09 bits per heavy atom. The van der Waals surface area contributed by atoms with E-state index < -0.39 is 0 Å². The van der Waals surface area contributed by atoms with Gasteiger partial charge in [0, 0.05) is 25.2 Å². The van der Waals surface area contributed by atoms with E-state index in [0.717, 1.165) is 23.5 Å². The lowest BCUT2D eigenvalue weighted by molar-refractivity contribution is 0.141. The fourth-order valence-corrected chi connectivity index (χ4v) is 3.40. The van der Waals surface area contributed by atoms with Crippen LogP contribution in [-0.2, 0) is 13.0 Å². The van der Waals surface area contributed by atoms with Crippen LogP contribution in [0, 0.1) is 5.92 Å². The zero-order valence-corrected chi connectivity index (χ0v) is 13.6. The molecule has 2 aromatic rings. The molecule has 1 N–H and O–H groups in total.